The third-order valence-corrected chi connectivity index (χ3v) is 7.13. The summed E-state index contributed by atoms with van der Waals surface area (Å²) in [5, 5.41) is 6.66. The quantitative estimate of drug-likeness (QED) is 0.383. The minimum absolute atomic E-state index is 0.0218. The number of nitrogens with one attached hydrogen (secondary N) is 2. The number of halogens is 3. The maximum absolute atomic E-state index is 14.0. The number of anilines is 2. The van der Waals surface area contributed by atoms with Crippen molar-refractivity contribution in [1.82, 2.24) is 0 Å². The van der Waals surface area contributed by atoms with Gasteiger partial charge in [-0.1, -0.05) is 75.4 Å². The van der Waals surface area contributed by atoms with E-state index >= 15 is 0 Å². The molecule has 0 saturated carbocycles. The van der Waals surface area contributed by atoms with Gasteiger partial charge in [-0.15, -0.1) is 0 Å². The molecule has 5 rings (SSSR count). The number of benzene rings is 3. The number of Topliss-reactive ketones (excluding diaryl/α,β-unsaturated/α-hetero) is 1. The van der Waals surface area contributed by atoms with E-state index in [0.717, 1.165) is 17.3 Å². The van der Waals surface area contributed by atoms with Gasteiger partial charge >= 0.3 is 6.18 Å². The number of fused-ring (bicyclic) bond motifs is 1. The summed E-state index contributed by atoms with van der Waals surface area (Å²) in [5.74, 6) is -0.197. The highest BCUT2D eigenvalue weighted by atomic mass is 19.4. The lowest BCUT2D eigenvalue weighted by Crippen LogP contribution is -2.28. The van der Waals surface area contributed by atoms with Crippen molar-refractivity contribution in [2.45, 2.75) is 57.2 Å². The Balaban J connectivity index is 1.60. The summed E-state index contributed by atoms with van der Waals surface area (Å²) in [6.07, 6.45) is -3.75. The fourth-order valence-corrected chi connectivity index (χ4v) is 5.22. The molecule has 0 fully saturated rings. The third kappa shape index (κ3) is 4.52. The predicted octanol–water partition coefficient (Wildman–Crippen LogP) is 7.98. The smallest absolute Gasteiger partial charge is 0.372 e. The molecule has 2 atom stereocenters. The van der Waals surface area contributed by atoms with E-state index in [1.54, 1.807) is 6.07 Å². The minimum Gasteiger partial charge on any atom is -0.372 e. The molecule has 2 unspecified atom stereocenters. The fraction of sp³-hybridized carbons (Fsp3) is 0.300. The van der Waals surface area contributed by atoms with Crippen LogP contribution in [0.25, 0.3) is 0 Å². The zero-order chi connectivity index (χ0) is 25.7. The Morgan fingerprint density at radius 3 is 2.11 bits per heavy atom. The SMILES string of the molecule is CC(C)(C)c1ccc(C2CC(=O)C3=C(C2)Nc2ccccc2NC3c2ccccc2C(F)(F)F)cc1. The van der Waals surface area contributed by atoms with Crippen LogP contribution < -0.4 is 10.6 Å². The molecule has 0 spiro atoms. The molecule has 186 valence electrons. The van der Waals surface area contributed by atoms with Gasteiger partial charge in [-0.2, -0.15) is 13.2 Å². The van der Waals surface area contributed by atoms with Gasteiger partial charge in [-0.25, -0.2) is 0 Å². The van der Waals surface area contributed by atoms with E-state index in [0.29, 0.717) is 23.4 Å². The molecule has 0 saturated heterocycles. The highest BCUT2D eigenvalue weighted by Crippen LogP contribution is 2.46. The number of carbonyl (C=O) groups is 1. The number of rotatable bonds is 2. The van der Waals surface area contributed by atoms with E-state index in [4.69, 9.17) is 0 Å². The van der Waals surface area contributed by atoms with Gasteiger partial charge in [0.2, 0.25) is 0 Å². The highest BCUT2D eigenvalue weighted by Gasteiger charge is 2.40. The monoisotopic (exact) mass is 490 g/mol. The van der Waals surface area contributed by atoms with Crippen LogP contribution >= 0.6 is 0 Å². The molecule has 3 aromatic carbocycles. The molecule has 2 aliphatic rings. The number of hydrogen-bond acceptors (Lipinski definition) is 3. The summed E-state index contributed by atoms with van der Waals surface area (Å²) >= 11 is 0. The van der Waals surface area contributed by atoms with Crippen molar-refractivity contribution in [2.75, 3.05) is 10.6 Å². The second-order valence-electron chi connectivity index (χ2n) is 10.6. The molecular formula is C30H29F3N2O. The van der Waals surface area contributed by atoms with Crippen LogP contribution in [0.4, 0.5) is 24.5 Å². The number of alkyl halides is 3. The average Bonchev–Trinajstić information content (AvgIpc) is 3.00. The number of ketones is 1. The van der Waals surface area contributed by atoms with Crippen molar-refractivity contribution >= 4 is 17.2 Å². The first kappa shape index (κ1) is 24.2. The van der Waals surface area contributed by atoms with Gasteiger partial charge in [-0.3, -0.25) is 4.79 Å². The van der Waals surface area contributed by atoms with Gasteiger partial charge in [0.1, 0.15) is 0 Å². The van der Waals surface area contributed by atoms with Crippen molar-refractivity contribution in [3.8, 4) is 0 Å². The van der Waals surface area contributed by atoms with Crippen LogP contribution in [0.1, 0.15) is 67.8 Å². The molecule has 1 heterocycles. The van der Waals surface area contributed by atoms with E-state index in [-0.39, 0.29) is 29.1 Å². The van der Waals surface area contributed by atoms with Crippen LogP contribution in [-0.4, -0.2) is 5.78 Å². The molecule has 36 heavy (non-hydrogen) atoms. The molecule has 3 aromatic rings. The average molecular weight is 491 g/mol. The Morgan fingerprint density at radius 2 is 1.44 bits per heavy atom. The molecule has 0 amide bonds. The molecule has 0 bridgehead atoms. The largest absolute Gasteiger partial charge is 0.416 e. The van der Waals surface area contributed by atoms with E-state index in [1.165, 1.54) is 17.7 Å². The summed E-state index contributed by atoms with van der Waals surface area (Å²) in [4.78, 5) is 13.7. The lowest BCUT2D eigenvalue weighted by molar-refractivity contribution is -0.138. The molecule has 0 radical (unpaired) electrons. The number of allylic oxidation sites excluding steroid dienone is 1. The summed E-state index contributed by atoms with van der Waals surface area (Å²) in [6.45, 7) is 6.46. The minimum atomic E-state index is -4.53. The zero-order valence-electron chi connectivity index (χ0n) is 20.5. The van der Waals surface area contributed by atoms with Crippen molar-refractivity contribution in [3.63, 3.8) is 0 Å². The molecule has 6 heteroatoms. The molecule has 2 N–H and O–H groups in total. The van der Waals surface area contributed by atoms with Crippen molar-refractivity contribution in [1.29, 1.82) is 0 Å². The van der Waals surface area contributed by atoms with Gasteiger partial charge in [0.05, 0.1) is 23.0 Å². The Morgan fingerprint density at radius 1 is 0.806 bits per heavy atom. The first-order valence-electron chi connectivity index (χ1n) is 12.2. The lowest BCUT2D eigenvalue weighted by atomic mass is 9.77. The van der Waals surface area contributed by atoms with E-state index in [2.05, 4.69) is 55.7 Å². The normalized spacial score (nSPS) is 20.1. The van der Waals surface area contributed by atoms with Crippen LogP contribution in [-0.2, 0) is 16.4 Å². The van der Waals surface area contributed by atoms with Crippen molar-refractivity contribution in [3.05, 3.63) is 106 Å². The first-order chi connectivity index (χ1) is 17.0. The third-order valence-electron chi connectivity index (χ3n) is 7.13. The number of hydrogen-bond donors (Lipinski definition) is 2. The lowest BCUT2D eigenvalue weighted by Gasteiger charge is -2.31. The van der Waals surface area contributed by atoms with E-state index in [9.17, 15) is 18.0 Å². The first-order valence-corrected chi connectivity index (χ1v) is 12.2. The van der Waals surface area contributed by atoms with Gasteiger partial charge in [0.15, 0.2) is 5.78 Å². The Labute approximate surface area is 209 Å². The van der Waals surface area contributed by atoms with Gasteiger partial charge < -0.3 is 10.6 Å². The fourth-order valence-electron chi connectivity index (χ4n) is 5.22. The molecular weight excluding hydrogens is 461 g/mol. The molecule has 1 aliphatic heterocycles. The summed E-state index contributed by atoms with van der Waals surface area (Å²) in [6, 6.07) is 20.3. The maximum Gasteiger partial charge on any atom is 0.416 e. The maximum atomic E-state index is 14.0. The Kier molecular flexibility index (Phi) is 5.93. The zero-order valence-corrected chi connectivity index (χ0v) is 20.5. The van der Waals surface area contributed by atoms with Crippen LogP contribution in [0.3, 0.4) is 0 Å². The second kappa shape index (κ2) is 8.84. The predicted molar refractivity (Wildman–Crippen MR) is 137 cm³/mol. The van der Waals surface area contributed by atoms with Gasteiger partial charge in [0, 0.05) is 17.7 Å². The summed E-state index contributed by atoms with van der Waals surface area (Å²) in [7, 11) is 0. The van der Waals surface area contributed by atoms with E-state index in [1.807, 2.05) is 24.3 Å². The van der Waals surface area contributed by atoms with Gasteiger partial charge in [0.25, 0.3) is 0 Å². The standard InChI is InChI=1S/C30H29F3N2O/c1-29(2,3)20-14-12-18(13-15-20)19-16-25-27(26(36)17-19)28(35-24-11-7-6-10-23(24)34-25)21-8-4-5-9-22(21)30(31,32)33/h4-15,19,28,34-35H,16-17H2,1-3H3. The topological polar surface area (TPSA) is 41.1 Å². The van der Waals surface area contributed by atoms with Crippen LogP contribution in [0.15, 0.2) is 84.1 Å². The summed E-state index contributed by atoms with van der Waals surface area (Å²) in [5.41, 5.74) is 4.07. The Hall–Kier alpha value is -3.54. The van der Waals surface area contributed by atoms with Crippen LogP contribution in [0.5, 0.6) is 0 Å². The molecule has 3 nitrogen and oxygen atoms in total. The number of para-hydroxylation sites is 2. The van der Waals surface area contributed by atoms with E-state index < -0.39 is 17.8 Å². The molecule has 1 aliphatic carbocycles. The number of carbonyl (C=O) groups excluding carboxylic acids is 1. The van der Waals surface area contributed by atoms with Crippen molar-refractivity contribution < 1.29 is 18.0 Å². The van der Waals surface area contributed by atoms with Gasteiger partial charge in [-0.05, 0) is 52.6 Å². The Bertz CT molecular complexity index is 1330. The van der Waals surface area contributed by atoms with Crippen molar-refractivity contribution in [2.24, 2.45) is 0 Å². The molecule has 0 aromatic heterocycles. The second-order valence-corrected chi connectivity index (χ2v) is 10.6. The van der Waals surface area contributed by atoms with Crippen LogP contribution in [0.2, 0.25) is 0 Å². The summed E-state index contributed by atoms with van der Waals surface area (Å²) < 4.78 is 41.9. The van der Waals surface area contributed by atoms with Crippen LogP contribution in [0, 0.1) is 0 Å². The highest BCUT2D eigenvalue weighted by molar-refractivity contribution is 6.01.